The lowest BCUT2D eigenvalue weighted by atomic mass is 10.0. The van der Waals surface area contributed by atoms with Gasteiger partial charge in [0.2, 0.25) is 11.3 Å². The van der Waals surface area contributed by atoms with E-state index in [9.17, 15) is 4.79 Å². The number of fused-ring (bicyclic) bond motifs is 2. The van der Waals surface area contributed by atoms with Crippen molar-refractivity contribution >= 4 is 49.2 Å². The molecule has 0 aliphatic carbocycles. The molecule has 2 aromatic carbocycles. The number of halogens is 1. The molecule has 0 radical (unpaired) electrons. The maximum Gasteiger partial charge on any atom is 0.410 e. The Hall–Kier alpha value is -1.98. The summed E-state index contributed by atoms with van der Waals surface area (Å²) in [4.78, 5) is 24.5. The first-order valence-corrected chi connectivity index (χ1v) is 14.3. The zero-order valence-corrected chi connectivity index (χ0v) is 26.1. The summed E-state index contributed by atoms with van der Waals surface area (Å²) in [6.07, 6.45) is 0.695. The van der Waals surface area contributed by atoms with Crippen molar-refractivity contribution in [2.24, 2.45) is 0 Å². The lowest BCUT2D eigenvalue weighted by Gasteiger charge is -2.28. The van der Waals surface area contributed by atoms with Crippen molar-refractivity contribution in [3.05, 3.63) is 35.9 Å². The summed E-state index contributed by atoms with van der Waals surface area (Å²) in [6, 6.07) is 11.2. The Balaban J connectivity index is 0.00000336. The van der Waals surface area contributed by atoms with Crippen molar-refractivity contribution in [1.82, 2.24) is 9.88 Å². The number of benzene rings is 2. The van der Waals surface area contributed by atoms with Gasteiger partial charge in [-0.05, 0) is 56.9 Å². The molecule has 5 rings (SSSR count). The Morgan fingerprint density at radius 3 is 2.37 bits per heavy atom. The molecule has 0 N–H and O–H groups in total. The standard InChI is InChI=1S/C29H39N4O3S.HI/c1-20(2)23-17-22(31-9-6-10-33(12-11-31)28(34)36-29(3,4)5)19-26-27(23)30-24-8-7-21(18-25(24)37-26)32-13-15-35-16-14-32;/h7-8,17-20H,6,9-16H2,1-5H3;1H/q+1;/p-1. The number of hydrogen-bond donors (Lipinski definition) is 0. The van der Waals surface area contributed by atoms with Crippen molar-refractivity contribution in [2.45, 2.75) is 52.6 Å². The number of anilines is 2. The number of carbonyl (C=O) groups is 1. The number of nitrogens with zero attached hydrogens (tertiary/aromatic N) is 4. The van der Waals surface area contributed by atoms with Gasteiger partial charge in [-0.2, -0.15) is 0 Å². The molecule has 9 heteroatoms. The molecule has 0 bridgehead atoms. The summed E-state index contributed by atoms with van der Waals surface area (Å²) >= 11 is 1.82. The van der Waals surface area contributed by atoms with E-state index in [1.807, 2.05) is 37.0 Å². The number of aromatic nitrogens is 1. The lowest BCUT2D eigenvalue weighted by Crippen LogP contribution is -3.00. The fourth-order valence-electron chi connectivity index (χ4n) is 5.05. The van der Waals surface area contributed by atoms with Crippen molar-refractivity contribution in [3.63, 3.8) is 0 Å². The maximum atomic E-state index is 12.7. The molecule has 3 aromatic rings. The van der Waals surface area contributed by atoms with Gasteiger partial charge in [0.1, 0.15) is 16.6 Å². The Labute approximate surface area is 247 Å². The molecule has 2 saturated heterocycles. The van der Waals surface area contributed by atoms with Gasteiger partial charge in [-0.25, -0.2) is 9.78 Å². The molecule has 2 aliphatic rings. The normalized spacial score (nSPS) is 17.1. The van der Waals surface area contributed by atoms with E-state index in [1.165, 1.54) is 26.3 Å². The molecule has 38 heavy (non-hydrogen) atoms. The van der Waals surface area contributed by atoms with E-state index in [0.717, 1.165) is 63.4 Å². The smallest absolute Gasteiger partial charge is 0.410 e. The number of carbonyl (C=O) groups excluding carboxylic acids is 1. The molecule has 1 amide bonds. The summed E-state index contributed by atoms with van der Waals surface area (Å²) in [7, 11) is 0. The minimum atomic E-state index is -0.480. The fraction of sp³-hybridized carbons (Fsp3) is 0.552. The molecule has 0 unspecified atom stereocenters. The van der Waals surface area contributed by atoms with Crippen LogP contribution < -0.4 is 33.8 Å². The Bertz CT molecular complexity index is 1290. The highest BCUT2D eigenvalue weighted by Gasteiger charge is 2.26. The second-order valence-corrected chi connectivity index (χ2v) is 12.4. The molecule has 1 aromatic heterocycles. The van der Waals surface area contributed by atoms with Gasteiger partial charge in [-0.15, -0.1) is 0 Å². The van der Waals surface area contributed by atoms with Gasteiger partial charge in [0.05, 0.1) is 13.2 Å². The maximum absolute atomic E-state index is 12.7. The minimum absolute atomic E-state index is 0. The van der Waals surface area contributed by atoms with E-state index in [-0.39, 0.29) is 30.1 Å². The predicted octanol–water partition coefficient (Wildman–Crippen LogP) is 3.14. The van der Waals surface area contributed by atoms with Crippen LogP contribution in [0.25, 0.3) is 20.4 Å². The molecule has 0 atom stereocenters. The van der Waals surface area contributed by atoms with E-state index in [2.05, 4.69) is 54.0 Å². The second kappa shape index (κ2) is 12.0. The molecule has 2 fully saturated rings. The number of rotatable bonds is 3. The lowest BCUT2D eigenvalue weighted by molar-refractivity contribution is -0.0000482. The van der Waals surface area contributed by atoms with Crippen LogP contribution in [0, 0.1) is 0 Å². The van der Waals surface area contributed by atoms with Crippen LogP contribution in [-0.2, 0) is 9.47 Å². The van der Waals surface area contributed by atoms with Crippen LogP contribution >= 0.6 is 11.3 Å². The average molecular weight is 651 g/mol. The van der Waals surface area contributed by atoms with Gasteiger partial charge < -0.3 is 48.2 Å². The van der Waals surface area contributed by atoms with E-state index in [1.54, 1.807) is 0 Å². The molecule has 206 valence electrons. The molecule has 7 nitrogen and oxygen atoms in total. The van der Waals surface area contributed by atoms with Gasteiger partial charge in [-0.1, -0.05) is 13.8 Å². The molecular weight excluding hydrogens is 611 g/mol. The highest BCUT2D eigenvalue weighted by molar-refractivity contribution is 7.24. The first-order valence-electron chi connectivity index (χ1n) is 13.4. The van der Waals surface area contributed by atoms with E-state index >= 15 is 0 Å². The highest BCUT2D eigenvalue weighted by atomic mass is 127. The second-order valence-electron chi connectivity index (χ2n) is 11.3. The van der Waals surface area contributed by atoms with Gasteiger partial charge in [0.15, 0.2) is 0 Å². The van der Waals surface area contributed by atoms with Gasteiger partial charge in [0.25, 0.3) is 9.40 Å². The van der Waals surface area contributed by atoms with Crippen molar-refractivity contribution < 1.29 is 38.2 Å². The monoisotopic (exact) mass is 650 g/mol. The number of ether oxygens (including phenoxy) is 2. The van der Waals surface area contributed by atoms with E-state index in [0.29, 0.717) is 12.5 Å². The van der Waals surface area contributed by atoms with Crippen molar-refractivity contribution in [1.29, 1.82) is 0 Å². The molecule has 0 spiro atoms. The van der Waals surface area contributed by atoms with Gasteiger partial charge in [0, 0.05) is 62.8 Å². The topological polar surface area (TPSA) is 58.1 Å². The zero-order valence-electron chi connectivity index (χ0n) is 23.1. The predicted molar refractivity (Wildman–Crippen MR) is 153 cm³/mol. The first kappa shape index (κ1) is 29.0. The largest absolute Gasteiger partial charge is 1.00 e. The molecule has 3 heterocycles. The Morgan fingerprint density at radius 2 is 1.66 bits per heavy atom. The van der Waals surface area contributed by atoms with Crippen LogP contribution in [0.4, 0.5) is 16.2 Å². The van der Waals surface area contributed by atoms with Crippen LogP contribution in [0.3, 0.4) is 0 Å². The molecule has 2 aliphatic heterocycles. The quantitative estimate of drug-likeness (QED) is 0.247. The van der Waals surface area contributed by atoms with Gasteiger partial charge >= 0.3 is 6.09 Å². The van der Waals surface area contributed by atoms with Crippen LogP contribution in [-0.4, -0.2) is 74.1 Å². The summed E-state index contributed by atoms with van der Waals surface area (Å²) in [5.41, 5.74) is 5.39. The minimum Gasteiger partial charge on any atom is -1.00 e. The van der Waals surface area contributed by atoms with E-state index < -0.39 is 5.60 Å². The van der Waals surface area contributed by atoms with Crippen molar-refractivity contribution in [2.75, 3.05) is 62.3 Å². The SMILES string of the molecule is CC(C)c1cc(N2CCCN(C(=O)OC(C)(C)C)CC2)cc2[s+]c3cc(N4CCOCC4)ccc3nc12.[I-]. The van der Waals surface area contributed by atoms with Gasteiger partial charge in [-0.3, -0.25) is 0 Å². The third kappa shape index (κ3) is 6.59. The third-order valence-corrected chi connectivity index (χ3v) is 8.07. The van der Waals surface area contributed by atoms with Crippen LogP contribution in [0.2, 0.25) is 0 Å². The third-order valence-electron chi connectivity index (χ3n) is 7.00. The van der Waals surface area contributed by atoms with Crippen molar-refractivity contribution in [3.8, 4) is 0 Å². The zero-order chi connectivity index (χ0) is 26.2. The average Bonchev–Trinajstić information content (AvgIpc) is 3.12. The van der Waals surface area contributed by atoms with Crippen LogP contribution in [0.1, 0.15) is 52.5 Å². The summed E-state index contributed by atoms with van der Waals surface area (Å²) in [5.74, 6) is 0.359. The van der Waals surface area contributed by atoms with Crippen LogP contribution in [0.5, 0.6) is 0 Å². The first-order chi connectivity index (χ1) is 17.7. The molecule has 0 saturated carbocycles. The van der Waals surface area contributed by atoms with Crippen LogP contribution in [0.15, 0.2) is 30.3 Å². The Kier molecular flexibility index (Phi) is 9.19. The number of amides is 1. The molecular formula is C29H39IN4O3S. The Morgan fingerprint density at radius 1 is 0.947 bits per heavy atom. The fourth-order valence-corrected chi connectivity index (χ4v) is 6.13. The summed E-state index contributed by atoms with van der Waals surface area (Å²) in [5, 5.41) is 0. The van der Waals surface area contributed by atoms with E-state index in [4.69, 9.17) is 14.5 Å². The number of hydrogen-bond acceptors (Lipinski definition) is 6. The summed E-state index contributed by atoms with van der Waals surface area (Å²) < 4.78 is 13.6. The highest BCUT2D eigenvalue weighted by Crippen LogP contribution is 2.36. The summed E-state index contributed by atoms with van der Waals surface area (Å²) in [6.45, 7) is 16.7. The number of morpholine rings is 1.